The van der Waals surface area contributed by atoms with E-state index in [0.29, 0.717) is 23.8 Å². The lowest BCUT2D eigenvalue weighted by Gasteiger charge is -2.28. The molecular formula is C25H32ClFO. The van der Waals surface area contributed by atoms with Crippen molar-refractivity contribution in [1.29, 1.82) is 0 Å². The van der Waals surface area contributed by atoms with E-state index in [0.717, 1.165) is 24.3 Å². The van der Waals surface area contributed by atoms with E-state index in [1.54, 1.807) is 12.1 Å². The van der Waals surface area contributed by atoms with Gasteiger partial charge in [-0.25, -0.2) is 4.39 Å². The Labute approximate surface area is 174 Å². The van der Waals surface area contributed by atoms with Gasteiger partial charge in [0, 0.05) is 5.56 Å². The molecule has 1 aliphatic rings. The van der Waals surface area contributed by atoms with Crippen molar-refractivity contribution in [2.24, 2.45) is 5.92 Å². The van der Waals surface area contributed by atoms with Gasteiger partial charge >= 0.3 is 0 Å². The minimum Gasteiger partial charge on any atom is -0.492 e. The quantitative estimate of drug-likeness (QED) is 0.402. The van der Waals surface area contributed by atoms with E-state index in [-0.39, 0.29) is 5.02 Å². The Morgan fingerprint density at radius 2 is 1.68 bits per heavy atom. The largest absolute Gasteiger partial charge is 0.492 e. The van der Waals surface area contributed by atoms with Gasteiger partial charge in [-0.05, 0) is 67.2 Å². The molecule has 28 heavy (non-hydrogen) atoms. The van der Waals surface area contributed by atoms with Crippen LogP contribution in [-0.2, 0) is 0 Å². The van der Waals surface area contributed by atoms with E-state index in [2.05, 4.69) is 26.0 Å². The number of rotatable bonds is 8. The second-order valence-corrected chi connectivity index (χ2v) is 8.45. The minimum absolute atomic E-state index is 0.0759. The Kier molecular flexibility index (Phi) is 7.79. The first-order valence-electron chi connectivity index (χ1n) is 10.8. The molecule has 3 rings (SSSR count). The summed E-state index contributed by atoms with van der Waals surface area (Å²) < 4.78 is 20.4. The molecular weight excluding hydrogens is 371 g/mol. The molecule has 3 heteroatoms. The standard InChI is InChI=1S/C25H32ClFO/c1-3-5-17-28-23-16-15-22(25(27)24(23)26)21-13-11-20(12-14-21)19-9-7-18(6-4-2)8-10-19/h11-16,18-19H,3-10,17H2,1-2H3. The average molecular weight is 403 g/mol. The first-order chi connectivity index (χ1) is 13.6. The Balaban J connectivity index is 1.69. The van der Waals surface area contributed by atoms with Crippen LogP contribution in [0.2, 0.25) is 5.02 Å². The molecule has 0 unspecified atom stereocenters. The van der Waals surface area contributed by atoms with Crippen LogP contribution in [0.4, 0.5) is 4.39 Å². The lowest BCUT2D eigenvalue weighted by Crippen LogP contribution is -2.13. The van der Waals surface area contributed by atoms with Crippen LogP contribution in [0.5, 0.6) is 5.75 Å². The number of hydrogen-bond donors (Lipinski definition) is 0. The van der Waals surface area contributed by atoms with Crippen LogP contribution in [0.15, 0.2) is 36.4 Å². The van der Waals surface area contributed by atoms with Crippen LogP contribution in [0, 0.1) is 11.7 Å². The van der Waals surface area contributed by atoms with Crippen molar-refractivity contribution in [3.05, 3.63) is 52.8 Å². The second-order valence-electron chi connectivity index (χ2n) is 8.07. The summed E-state index contributed by atoms with van der Waals surface area (Å²) in [6, 6.07) is 11.9. The van der Waals surface area contributed by atoms with Gasteiger partial charge in [0.05, 0.1) is 6.61 Å². The van der Waals surface area contributed by atoms with E-state index in [9.17, 15) is 4.39 Å². The highest BCUT2D eigenvalue weighted by Gasteiger charge is 2.22. The van der Waals surface area contributed by atoms with Gasteiger partial charge < -0.3 is 4.74 Å². The molecule has 0 N–H and O–H groups in total. The van der Waals surface area contributed by atoms with Gasteiger partial charge in [-0.2, -0.15) is 0 Å². The third-order valence-corrected chi connectivity index (χ3v) is 6.39. The lowest BCUT2D eigenvalue weighted by molar-refractivity contribution is 0.308. The predicted octanol–water partition coefficient (Wildman–Crippen LogP) is 8.40. The summed E-state index contributed by atoms with van der Waals surface area (Å²) in [4.78, 5) is 0. The zero-order chi connectivity index (χ0) is 19.9. The van der Waals surface area contributed by atoms with Crippen molar-refractivity contribution >= 4 is 11.6 Å². The molecule has 152 valence electrons. The van der Waals surface area contributed by atoms with Crippen LogP contribution < -0.4 is 4.74 Å². The van der Waals surface area contributed by atoms with E-state index in [1.165, 1.54) is 44.1 Å². The van der Waals surface area contributed by atoms with Crippen LogP contribution >= 0.6 is 11.6 Å². The molecule has 0 spiro atoms. The Bertz CT molecular complexity index is 748. The molecule has 0 aromatic heterocycles. The average Bonchev–Trinajstić information content (AvgIpc) is 2.72. The molecule has 0 atom stereocenters. The molecule has 1 nitrogen and oxygen atoms in total. The monoisotopic (exact) mass is 402 g/mol. The van der Waals surface area contributed by atoms with E-state index in [1.807, 2.05) is 12.1 Å². The molecule has 1 fully saturated rings. The molecule has 0 aliphatic heterocycles. The van der Waals surface area contributed by atoms with Crippen LogP contribution in [0.1, 0.15) is 76.7 Å². The number of ether oxygens (including phenoxy) is 1. The SMILES string of the molecule is CCCCOc1ccc(-c2ccc(C3CCC(CCC)CC3)cc2)c(F)c1Cl. The van der Waals surface area contributed by atoms with Crippen molar-refractivity contribution in [2.75, 3.05) is 6.61 Å². The van der Waals surface area contributed by atoms with Crippen LogP contribution in [-0.4, -0.2) is 6.61 Å². The topological polar surface area (TPSA) is 9.23 Å². The summed E-state index contributed by atoms with van der Waals surface area (Å²) in [7, 11) is 0. The van der Waals surface area contributed by atoms with Crippen molar-refractivity contribution in [3.8, 4) is 16.9 Å². The van der Waals surface area contributed by atoms with Gasteiger partial charge in [0.1, 0.15) is 10.8 Å². The van der Waals surface area contributed by atoms with Gasteiger partial charge in [-0.1, -0.05) is 69.0 Å². The fourth-order valence-electron chi connectivity index (χ4n) is 4.32. The fraction of sp³-hybridized carbons (Fsp3) is 0.520. The van der Waals surface area contributed by atoms with Crippen molar-refractivity contribution in [2.45, 2.75) is 71.1 Å². The van der Waals surface area contributed by atoms with E-state index >= 15 is 0 Å². The first kappa shape index (κ1) is 21.2. The van der Waals surface area contributed by atoms with Crippen LogP contribution in [0.25, 0.3) is 11.1 Å². The molecule has 0 saturated heterocycles. The van der Waals surface area contributed by atoms with Gasteiger partial charge in [0.25, 0.3) is 0 Å². The maximum Gasteiger partial charge on any atom is 0.153 e. The molecule has 0 bridgehead atoms. The summed E-state index contributed by atoms with van der Waals surface area (Å²) in [6.45, 7) is 4.93. The predicted molar refractivity (Wildman–Crippen MR) is 117 cm³/mol. The molecule has 1 aliphatic carbocycles. The van der Waals surface area contributed by atoms with E-state index < -0.39 is 5.82 Å². The summed E-state index contributed by atoms with van der Waals surface area (Å²) in [5.41, 5.74) is 2.78. The smallest absolute Gasteiger partial charge is 0.153 e. The van der Waals surface area contributed by atoms with Crippen molar-refractivity contribution in [3.63, 3.8) is 0 Å². The molecule has 2 aromatic carbocycles. The summed E-state index contributed by atoms with van der Waals surface area (Å²) in [6.07, 6.45) is 9.84. The molecule has 2 aromatic rings. The minimum atomic E-state index is -0.400. The third kappa shape index (κ3) is 5.08. The van der Waals surface area contributed by atoms with Crippen molar-refractivity contribution < 1.29 is 9.13 Å². The Morgan fingerprint density at radius 3 is 2.32 bits per heavy atom. The molecule has 1 saturated carbocycles. The fourth-order valence-corrected chi connectivity index (χ4v) is 4.54. The van der Waals surface area contributed by atoms with Crippen LogP contribution in [0.3, 0.4) is 0 Å². The molecule has 0 heterocycles. The van der Waals surface area contributed by atoms with E-state index in [4.69, 9.17) is 16.3 Å². The van der Waals surface area contributed by atoms with Gasteiger partial charge in [0.2, 0.25) is 0 Å². The third-order valence-electron chi connectivity index (χ3n) is 6.04. The molecule has 0 radical (unpaired) electrons. The first-order valence-corrected chi connectivity index (χ1v) is 11.2. The Hall–Kier alpha value is -1.54. The zero-order valence-corrected chi connectivity index (χ0v) is 17.9. The maximum absolute atomic E-state index is 14.8. The highest BCUT2D eigenvalue weighted by molar-refractivity contribution is 6.32. The van der Waals surface area contributed by atoms with Crippen molar-refractivity contribution in [1.82, 2.24) is 0 Å². The normalized spacial score (nSPS) is 19.6. The maximum atomic E-state index is 14.8. The number of benzene rings is 2. The summed E-state index contributed by atoms with van der Waals surface area (Å²) in [5.74, 6) is 1.58. The highest BCUT2D eigenvalue weighted by Crippen LogP contribution is 2.39. The number of unbranched alkanes of at least 4 members (excludes halogenated alkanes) is 1. The highest BCUT2D eigenvalue weighted by atomic mass is 35.5. The van der Waals surface area contributed by atoms with Gasteiger partial charge in [0.15, 0.2) is 5.82 Å². The molecule has 0 amide bonds. The van der Waals surface area contributed by atoms with Gasteiger partial charge in [-0.15, -0.1) is 0 Å². The lowest BCUT2D eigenvalue weighted by atomic mass is 9.77. The summed E-state index contributed by atoms with van der Waals surface area (Å²) in [5, 5.41) is 0.0759. The Morgan fingerprint density at radius 1 is 0.964 bits per heavy atom. The second kappa shape index (κ2) is 10.3. The van der Waals surface area contributed by atoms with Gasteiger partial charge in [-0.3, -0.25) is 0 Å². The number of halogens is 2. The summed E-state index contributed by atoms with van der Waals surface area (Å²) >= 11 is 6.22. The zero-order valence-electron chi connectivity index (χ0n) is 17.1. The number of hydrogen-bond acceptors (Lipinski definition) is 1.